The van der Waals surface area contributed by atoms with Gasteiger partial charge in [0.2, 0.25) is 5.91 Å². The van der Waals surface area contributed by atoms with E-state index in [2.05, 4.69) is 15.5 Å². The molecule has 2 aliphatic rings. The lowest BCUT2D eigenvalue weighted by atomic mass is 10.0. The van der Waals surface area contributed by atoms with Crippen LogP contribution < -0.4 is 16.4 Å². The molecule has 0 spiro atoms. The number of carbonyl (C=O) groups excluding carboxylic acids is 2. The van der Waals surface area contributed by atoms with Crippen molar-refractivity contribution in [1.82, 2.24) is 25.0 Å². The van der Waals surface area contributed by atoms with E-state index in [0.29, 0.717) is 17.7 Å². The molecule has 2 aromatic heterocycles. The number of H-pyrrole nitrogens is 1. The molecule has 2 unspecified atom stereocenters. The van der Waals surface area contributed by atoms with E-state index in [-0.39, 0.29) is 35.0 Å². The van der Waals surface area contributed by atoms with Crippen molar-refractivity contribution in [1.29, 1.82) is 0 Å². The third-order valence-corrected chi connectivity index (χ3v) is 8.90. The number of rotatable bonds is 9. The number of fused-ring (bicyclic) bond motifs is 1. The summed E-state index contributed by atoms with van der Waals surface area (Å²) in [7, 11) is 0. The van der Waals surface area contributed by atoms with Gasteiger partial charge in [-0.1, -0.05) is 18.7 Å². The summed E-state index contributed by atoms with van der Waals surface area (Å²) in [5.41, 5.74) is -0.312. The summed E-state index contributed by atoms with van der Waals surface area (Å²) in [5.74, 6) is -1.52. The van der Waals surface area contributed by atoms with Crippen LogP contribution in [0.3, 0.4) is 0 Å². The number of hydrogen-bond donors (Lipinski definition) is 3. The van der Waals surface area contributed by atoms with Crippen molar-refractivity contribution in [2.75, 3.05) is 11.5 Å². The molecule has 1 saturated heterocycles. The van der Waals surface area contributed by atoms with E-state index in [0.717, 1.165) is 17.3 Å². The molecule has 2 aromatic rings. The number of β-lactam (4-membered cyclic amide) rings is 1. The van der Waals surface area contributed by atoms with Crippen LogP contribution in [0, 0.1) is 0 Å². The molecule has 4 heterocycles. The maximum absolute atomic E-state index is 12.8. The molecule has 3 atom stereocenters. The van der Waals surface area contributed by atoms with Crippen LogP contribution in [0.2, 0.25) is 0 Å². The smallest absolute Gasteiger partial charge is 0.352 e. The number of nitrogens with zero attached hydrogens (tertiary/aromatic N) is 3. The Morgan fingerprint density at radius 2 is 2.14 bits per heavy atom. The minimum absolute atomic E-state index is 0.114. The van der Waals surface area contributed by atoms with Gasteiger partial charge in [0, 0.05) is 17.5 Å². The summed E-state index contributed by atoms with van der Waals surface area (Å²) in [6.07, 6.45) is 0.749. The van der Waals surface area contributed by atoms with Crippen LogP contribution in [0.4, 0.5) is 0 Å². The summed E-state index contributed by atoms with van der Waals surface area (Å²) >= 11 is 3.97. The minimum atomic E-state index is -1.24. The number of nitrogens with one attached hydrogen (secondary N) is 2. The number of amides is 2. The van der Waals surface area contributed by atoms with Gasteiger partial charge in [0.25, 0.3) is 5.91 Å². The van der Waals surface area contributed by atoms with Crippen LogP contribution >= 0.6 is 34.9 Å². The van der Waals surface area contributed by atoms with Gasteiger partial charge in [0.15, 0.2) is 5.16 Å². The van der Waals surface area contributed by atoms with Crippen LogP contribution in [0.25, 0.3) is 0 Å². The third kappa shape index (κ3) is 4.95. The maximum Gasteiger partial charge on any atom is 0.352 e. The van der Waals surface area contributed by atoms with Crippen molar-refractivity contribution >= 4 is 52.6 Å². The first-order valence-electron chi connectivity index (χ1n) is 10.8. The van der Waals surface area contributed by atoms with Crippen molar-refractivity contribution in [3.63, 3.8) is 0 Å². The number of aromatic nitrogens is 3. The van der Waals surface area contributed by atoms with Gasteiger partial charge in [-0.15, -0.1) is 16.9 Å². The zero-order chi connectivity index (χ0) is 25.3. The van der Waals surface area contributed by atoms with E-state index in [9.17, 15) is 29.1 Å². The molecule has 0 saturated carbocycles. The van der Waals surface area contributed by atoms with Crippen LogP contribution in [0.15, 0.2) is 42.8 Å². The second-order valence-corrected chi connectivity index (χ2v) is 10.9. The van der Waals surface area contributed by atoms with E-state index in [4.69, 9.17) is 0 Å². The molecule has 0 aromatic carbocycles. The van der Waals surface area contributed by atoms with Crippen molar-refractivity contribution in [2.24, 2.45) is 0 Å². The molecule has 4 rings (SSSR count). The fourth-order valence-electron chi connectivity index (χ4n) is 3.82. The number of hydrogen-bond acceptors (Lipinski definition) is 9. The molecule has 186 valence electrons. The largest absolute Gasteiger partial charge is 0.477 e. The molecule has 2 amide bonds. The highest BCUT2D eigenvalue weighted by molar-refractivity contribution is 8.01. The van der Waals surface area contributed by atoms with E-state index < -0.39 is 34.4 Å². The van der Waals surface area contributed by atoms with Gasteiger partial charge in [-0.05, 0) is 41.3 Å². The van der Waals surface area contributed by atoms with Crippen LogP contribution in [0.5, 0.6) is 0 Å². The highest BCUT2D eigenvalue weighted by atomic mass is 32.2. The minimum Gasteiger partial charge on any atom is -0.477 e. The topological polar surface area (TPSA) is 154 Å². The number of aliphatic carboxylic acids is 1. The first kappa shape index (κ1) is 25.3. The first-order valence-corrected chi connectivity index (χ1v) is 13.7. The first-order chi connectivity index (χ1) is 16.7. The second-order valence-electron chi connectivity index (χ2n) is 8.08. The van der Waals surface area contributed by atoms with Crippen LogP contribution in [-0.2, 0) is 20.8 Å². The molecule has 3 N–H and O–H groups in total. The third-order valence-electron chi connectivity index (χ3n) is 5.79. The summed E-state index contributed by atoms with van der Waals surface area (Å²) in [5, 5.41) is 22.3. The Kier molecular flexibility index (Phi) is 7.52. The summed E-state index contributed by atoms with van der Waals surface area (Å²) in [6.45, 7) is 3.67. The van der Waals surface area contributed by atoms with Gasteiger partial charge >= 0.3 is 17.1 Å². The number of thiophene rings is 1. The van der Waals surface area contributed by atoms with Crippen molar-refractivity contribution in [3.8, 4) is 0 Å². The van der Waals surface area contributed by atoms with Crippen molar-refractivity contribution in [2.45, 2.75) is 49.3 Å². The molecular formula is C21H23N5O6S3. The zero-order valence-corrected chi connectivity index (χ0v) is 21.3. The average molecular weight is 538 g/mol. The lowest BCUT2D eigenvalue weighted by molar-refractivity contribution is -0.150. The predicted molar refractivity (Wildman–Crippen MR) is 133 cm³/mol. The highest BCUT2D eigenvalue weighted by Gasteiger charge is 2.54. The fourth-order valence-corrected chi connectivity index (χ4v) is 7.02. The molecule has 11 nitrogen and oxygen atoms in total. The Hall–Kier alpha value is -2.84. The predicted octanol–water partition coefficient (Wildman–Crippen LogP) is 1.04. The standard InChI is InChI=1S/C21H23N5O6S3/c1-3-10(2)25-18(30)16(28)23-24-21(25)35-9-12-8-34-19-14(17(29)26(19)15(12)20(31)32)22-13(27)6-11-4-5-33-7-11/h4-5,7,10,14,19H,3,6,8-9H2,1-2H3,(H,22,27)(H,23,28)(H,31,32)/t10?,14?,19-/m0/s1. The Bertz CT molecular complexity index is 1300. The lowest BCUT2D eigenvalue weighted by Gasteiger charge is -2.49. The number of aromatic amines is 1. The van der Waals surface area contributed by atoms with E-state index in [1.807, 2.05) is 23.8 Å². The average Bonchev–Trinajstić information content (AvgIpc) is 3.34. The molecule has 14 heteroatoms. The Balaban J connectivity index is 1.51. The van der Waals surface area contributed by atoms with Gasteiger partial charge in [0.1, 0.15) is 17.1 Å². The van der Waals surface area contributed by atoms with Gasteiger partial charge in [-0.3, -0.25) is 28.6 Å². The van der Waals surface area contributed by atoms with Gasteiger partial charge in [-0.2, -0.15) is 11.3 Å². The number of thioether (sulfide) groups is 2. The Morgan fingerprint density at radius 1 is 1.37 bits per heavy atom. The summed E-state index contributed by atoms with van der Waals surface area (Å²) in [6, 6.07) is 0.779. The van der Waals surface area contributed by atoms with Crippen LogP contribution in [-0.4, -0.2) is 65.5 Å². The van der Waals surface area contributed by atoms with Crippen molar-refractivity contribution < 1.29 is 19.5 Å². The van der Waals surface area contributed by atoms with Gasteiger partial charge in [0.05, 0.1) is 6.42 Å². The maximum atomic E-state index is 12.8. The molecule has 0 aliphatic carbocycles. The highest BCUT2D eigenvalue weighted by Crippen LogP contribution is 2.41. The van der Waals surface area contributed by atoms with Gasteiger partial charge < -0.3 is 10.4 Å². The van der Waals surface area contributed by atoms with Crippen molar-refractivity contribution in [3.05, 3.63) is 54.4 Å². The van der Waals surface area contributed by atoms with Gasteiger partial charge in [-0.25, -0.2) is 9.89 Å². The number of carboxylic acids is 1. The molecule has 35 heavy (non-hydrogen) atoms. The van der Waals surface area contributed by atoms with E-state index >= 15 is 0 Å². The number of carbonyl (C=O) groups is 3. The lowest BCUT2D eigenvalue weighted by Crippen LogP contribution is -2.70. The Morgan fingerprint density at radius 3 is 2.80 bits per heavy atom. The summed E-state index contributed by atoms with van der Waals surface area (Å²) in [4.78, 5) is 62.6. The quantitative estimate of drug-likeness (QED) is 0.242. The Labute approximate surface area is 212 Å². The molecule has 0 radical (unpaired) electrons. The van der Waals surface area contributed by atoms with E-state index in [1.165, 1.54) is 32.6 Å². The number of carboxylic acid groups (broad SMARTS) is 1. The SMILES string of the molecule is CCC(C)n1c(SCC2=C(C(=O)O)N3C(=O)C(NC(=O)Cc4ccsc4)[C@@H]3SC2)n[nH]c(=O)c1=O. The molecule has 1 fully saturated rings. The van der Waals surface area contributed by atoms with E-state index in [1.54, 1.807) is 6.92 Å². The second kappa shape index (κ2) is 10.4. The fraction of sp³-hybridized carbons (Fsp3) is 0.429. The summed E-state index contributed by atoms with van der Waals surface area (Å²) < 4.78 is 1.30. The molecular weight excluding hydrogens is 514 g/mol. The monoisotopic (exact) mass is 537 g/mol. The van der Waals surface area contributed by atoms with Crippen LogP contribution in [0.1, 0.15) is 31.9 Å². The molecule has 0 bridgehead atoms. The molecule has 2 aliphatic heterocycles. The normalized spacial score (nSPS) is 20.3. The zero-order valence-electron chi connectivity index (χ0n) is 18.8.